The van der Waals surface area contributed by atoms with Crippen molar-refractivity contribution in [1.82, 2.24) is 0 Å². The van der Waals surface area contributed by atoms with Crippen molar-refractivity contribution in [2.45, 2.75) is 13.8 Å². The van der Waals surface area contributed by atoms with Gasteiger partial charge in [0, 0.05) is 5.71 Å². The predicted octanol–water partition coefficient (Wildman–Crippen LogP) is 4.80. The van der Waals surface area contributed by atoms with Gasteiger partial charge < -0.3 is 0 Å². The maximum atomic E-state index is 4.55. The zero-order valence-corrected chi connectivity index (χ0v) is 10.8. The minimum absolute atomic E-state index is 0.996. The summed E-state index contributed by atoms with van der Waals surface area (Å²) in [7, 11) is 0. The maximum absolute atomic E-state index is 4.55. The molecule has 0 spiro atoms. The Balaban J connectivity index is 2.10. The summed E-state index contributed by atoms with van der Waals surface area (Å²) in [5.41, 5.74) is 4.45. The summed E-state index contributed by atoms with van der Waals surface area (Å²) in [6.07, 6.45) is 4.11. The van der Waals surface area contributed by atoms with Crippen LogP contribution in [-0.4, -0.2) is 5.71 Å². The van der Waals surface area contributed by atoms with Crippen LogP contribution in [0.4, 0.5) is 5.69 Å². The first-order valence-electron chi connectivity index (χ1n) is 6.09. The van der Waals surface area contributed by atoms with Gasteiger partial charge >= 0.3 is 0 Å². The molecule has 18 heavy (non-hydrogen) atoms. The molecule has 0 saturated heterocycles. The molecule has 1 nitrogen and oxygen atoms in total. The van der Waals surface area contributed by atoms with Crippen LogP contribution < -0.4 is 0 Å². The van der Waals surface area contributed by atoms with Crippen LogP contribution in [-0.2, 0) is 0 Å². The number of hydrogen-bond donors (Lipinski definition) is 0. The molecule has 2 rings (SSSR count). The summed E-state index contributed by atoms with van der Waals surface area (Å²) in [4.78, 5) is 4.55. The third kappa shape index (κ3) is 3.70. The zero-order chi connectivity index (χ0) is 12.8. The van der Waals surface area contributed by atoms with E-state index >= 15 is 0 Å². The molecule has 0 aliphatic carbocycles. The third-order valence-corrected chi connectivity index (χ3v) is 2.66. The molecule has 0 aliphatic heterocycles. The molecule has 90 valence electrons. The Morgan fingerprint density at radius 3 is 2.28 bits per heavy atom. The zero-order valence-electron chi connectivity index (χ0n) is 10.8. The second-order valence-electron chi connectivity index (χ2n) is 4.33. The van der Waals surface area contributed by atoms with Gasteiger partial charge in [-0.2, -0.15) is 0 Å². The summed E-state index contributed by atoms with van der Waals surface area (Å²) in [5, 5.41) is 0. The highest BCUT2D eigenvalue weighted by atomic mass is 14.7. The fourth-order valence-electron chi connectivity index (χ4n) is 1.64. The number of benzene rings is 2. The van der Waals surface area contributed by atoms with Gasteiger partial charge in [0.15, 0.2) is 0 Å². The third-order valence-electron chi connectivity index (χ3n) is 2.66. The van der Waals surface area contributed by atoms with Crippen molar-refractivity contribution >= 4 is 17.5 Å². The molecule has 0 atom stereocenters. The molecule has 0 unspecified atom stereocenters. The van der Waals surface area contributed by atoms with Gasteiger partial charge in [0.05, 0.1) is 5.69 Å². The molecule has 2 aromatic rings. The highest BCUT2D eigenvalue weighted by molar-refractivity contribution is 5.97. The van der Waals surface area contributed by atoms with Gasteiger partial charge in [-0.05, 0) is 37.6 Å². The average molecular weight is 235 g/mol. The highest BCUT2D eigenvalue weighted by Crippen LogP contribution is 2.13. The normalized spacial score (nSPS) is 12.0. The molecule has 0 saturated carbocycles. The number of aliphatic imine (C=N–C) groups is 1. The Bertz CT molecular complexity index is 548. The standard InChI is InChI=1S/C17H17N/c1-14-8-12-17(13-9-14)18-15(2)10-11-16-6-4-3-5-7-16/h3-13H,1-2H3. The van der Waals surface area contributed by atoms with E-state index in [-0.39, 0.29) is 0 Å². The lowest BCUT2D eigenvalue weighted by molar-refractivity contribution is 1.43. The fraction of sp³-hybridized carbons (Fsp3) is 0.118. The molecule has 0 bridgehead atoms. The van der Waals surface area contributed by atoms with E-state index < -0.39 is 0 Å². The van der Waals surface area contributed by atoms with Gasteiger partial charge in [0.25, 0.3) is 0 Å². The molecular weight excluding hydrogens is 218 g/mol. The molecule has 2 aromatic carbocycles. The molecular formula is C17H17N. The smallest absolute Gasteiger partial charge is 0.0633 e. The van der Waals surface area contributed by atoms with Crippen LogP contribution >= 0.6 is 0 Å². The minimum Gasteiger partial charge on any atom is -0.254 e. The second-order valence-corrected chi connectivity index (χ2v) is 4.33. The van der Waals surface area contributed by atoms with Crippen molar-refractivity contribution in [3.05, 3.63) is 71.8 Å². The van der Waals surface area contributed by atoms with Crippen molar-refractivity contribution in [3.63, 3.8) is 0 Å². The second kappa shape index (κ2) is 5.97. The number of rotatable bonds is 3. The molecule has 0 heterocycles. The van der Waals surface area contributed by atoms with Crippen LogP contribution in [0.5, 0.6) is 0 Å². The van der Waals surface area contributed by atoms with Crippen molar-refractivity contribution in [2.75, 3.05) is 0 Å². The van der Waals surface area contributed by atoms with E-state index in [9.17, 15) is 0 Å². The van der Waals surface area contributed by atoms with Gasteiger partial charge in [-0.1, -0.05) is 54.1 Å². The lowest BCUT2D eigenvalue weighted by Gasteiger charge is -1.97. The van der Waals surface area contributed by atoms with E-state index in [0.29, 0.717) is 0 Å². The lowest BCUT2D eigenvalue weighted by Crippen LogP contribution is -1.83. The van der Waals surface area contributed by atoms with Crippen molar-refractivity contribution < 1.29 is 0 Å². The van der Waals surface area contributed by atoms with Gasteiger partial charge in [-0.15, -0.1) is 0 Å². The van der Waals surface area contributed by atoms with Crippen LogP contribution in [0, 0.1) is 6.92 Å². The first-order valence-corrected chi connectivity index (χ1v) is 6.09. The predicted molar refractivity (Wildman–Crippen MR) is 79.4 cm³/mol. The maximum Gasteiger partial charge on any atom is 0.0633 e. The van der Waals surface area contributed by atoms with Crippen LogP contribution in [0.1, 0.15) is 18.1 Å². The highest BCUT2D eigenvalue weighted by Gasteiger charge is 1.90. The molecule has 0 fully saturated rings. The fourth-order valence-corrected chi connectivity index (χ4v) is 1.64. The van der Waals surface area contributed by atoms with Gasteiger partial charge in [-0.25, -0.2) is 0 Å². The number of hydrogen-bond acceptors (Lipinski definition) is 1. The van der Waals surface area contributed by atoms with Crippen LogP contribution in [0.2, 0.25) is 0 Å². The SMILES string of the molecule is CC(C=Cc1ccccc1)=Nc1ccc(C)cc1. The molecule has 0 N–H and O–H groups in total. The Labute approximate surface area is 109 Å². The summed E-state index contributed by atoms with van der Waals surface area (Å²) < 4.78 is 0. The Hall–Kier alpha value is -2.15. The Morgan fingerprint density at radius 2 is 1.61 bits per heavy atom. The molecule has 0 aliphatic rings. The first-order chi connectivity index (χ1) is 8.74. The first kappa shape index (κ1) is 12.3. The average Bonchev–Trinajstić information content (AvgIpc) is 2.40. The summed E-state index contributed by atoms with van der Waals surface area (Å²) in [6, 6.07) is 18.5. The molecule has 0 radical (unpaired) electrons. The van der Waals surface area contributed by atoms with Crippen molar-refractivity contribution in [3.8, 4) is 0 Å². The number of aryl methyl sites for hydroxylation is 1. The summed E-state index contributed by atoms with van der Waals surface area (Å²) in [6.45, 7) is 4.09. The van der Waals surface area contributed by atoms with Crippen LogP contribution in [0.25, 0.3) is 6.08 Å². The quantitative estimate of drug-likeness (QED) is 0.677. The van der Waals surface area contributed by atoms with E-state index in [2.05, 4.69) is 42.3 Å². The van der Waals surface area contributed by atoms with Crippen LogP contribution in [0.15, 0.2) is 65.7 Å². The minimum atomic E-state index is 0.996. The molecule has 0 aromatic heterocycles. The van der Waals surface area contributed by atoms with E-state index in [1.54, 1.807) is 0 Å². The summed E-state index contributed by atoms with van der Waals surface area (Å²) >= 11 is 0. The van der Waals surface area contributed by atoms with Gasteiger partial charge in [0.2, 0.25) is 0 Å². The Kier molecular flexibility index (Phi) is 4.08. The van der Waals surface area contributed by atoms with E-state index in [4.69, 9.17) is 0 Å². The van der Waals surface area contributed by atoms with E-state index in [1.165, 1.54) is 11.1 Å². The van der Waals surface area contributed by atoms with E-state index in [1.807, 2.05) is 43.3 Å². The monoisotopic (exact) mass is 235 g/mol. The number of nitrogens with zero attached hydrogens (tertiary/aromatic N) is 1. The largest absolute Gasteiger partial charge is 0.254 e. The van der Waals surface area contributed by atoms with Crippen LogP contribution in [0.3, 0.4) is 0 Å². The Morgan fingerprint density at radius 1 is 0.944 bits per heavy atom. The van der Waals surface area contributed by atoms with Crippen molar-refractivity contribution in [2.24, 2.45) is 4.99 Å². The molecule has 0 amide bonds. The van der Waals surface area contributed by atoms with Gasteiger partial charge in [0.1, 0.15) is 0 Å². The lowest BCUT2D eigenvalue weighted by atomic mass is 10.2. The summed E-state index contributed by atoms with van der Waals surface area (Å²) in [5.74, 6) is 0. The topological polar surface area (TPSA) is 12.4 Å². The van der Waals surface area contributed by atoms with E-state index in [0.717, 1.165) is 11.4 Å². The number of allylic oxidation sites excluding steroid dienone is 1. The van der Waals surface area contributed by atoms with Gasteiger partial charge in [-0.3, -0.25) is 4.99 Å². The molecule has 1 heteroatoms. The van der Waals surface area contributed by atoms with Crippen molar-refractivity contribution in [1.29, 1.82) is 0 Å².